The van der Waals surface area contributed by atoms with Gasteiger partial charge in [0.25, 0.3) is 0 Å². The topological polar surface area (TPSA) is 109 Å². The van der Waals surface area contributed by atoms with Crippen LogP contribution in [0.2, 0.25) is 0 Å². The molecule has 7 nitrogen and oxygen atoms in total. The van der Waals surface area contributed by atoms with Gasteiger partial charge in [0.05, 0.1) is 51.0 Å². The molecule has 1 aliphatic carbocycles. The van der Waals surface area contributed by atoms with E-state index in [1.165, 1.54) is 0 Å². The lowest BCUT2D eigenvalue weighted by Gasteiger charge is -2.34. The fourth-order valence-electron chi connectivity index (χ4n) is 6.38. The SMILES string of the molecule is Cc1nc2cc([C@@H]3CC4OC4(C)CC4CC4[C@H](C)[C@H](O)[C@@H](C)C(=O)C(C)(C)[C@@H](O)CC(=O)O3)ccc2s1. The first kappa shape index (κ1) is 26.7. The van der Waals surface area contributed by atoms with Gasteiger partial charge in [0, 0.05) is 12.3 Å². The number of benzene rings is 1. The average molecular weight is 530 g/mol. The molecule has 3 aliphatic rings. The third kappa shape index (κ3) is 5.10. The molecule has 3 heterocycles. The van der Waals surface area contributed by atoms with Crippen molar-refractivity contribution in [2.75, 3.05) is 0 Å². The normalized spacial score (nSPS) is 40.5. The number of rotatable bonds is 1. The van der Waals surface area contributed by atoms with Gasteiger partial charge in [-0.2, -0.15) is 0 Å². The van der Waals surface area contributed by atoms with Gasteiger partial charge in [-0.25, -0.2) is 4.98 Å². The molecular weight excluding hydrogens is 490 g/mol. The molecule has 1 saturated carbocycles. The van der Waals surface area contributed by atoms with Gasteiger partial charge < -0.3 is 19.7 Å². The van der Waals surface area contributed by atoms with Gasteiger partial charge in [0.1, 0.15) is 11.9 Å². The number of aliphatic hydroxyl groups is 2. The zero-order valence-corrected chi connectivity index (χ0v) is 23.4. The lowest BCUT2D eigenvalue weighted by Crippen LogP contribution is -2.46. The van der Waals surface area contributed by atoms with Crippen LogP contribution in [0, 0.1) is 36.0 Å². The predicted octanol–water partition coefficient (Wildman–Crippen LogP) is 4.76. The van der Waals surface area contributed by atoms with E-state index in [4.69, 9.17) is 9.47 Å². The Morgan fingerprint density at radius 3 is 2.57 bits per heavy atom. The van der Waals surface area contributed by atoms with Crippen molar-refractivity contribution in [1.29, 1.82) is 0 Å². The highest BCUT2D eigenvalue weighted by Gasteiger charge is 2.58. The Morgan fingerprint density at radius 1 is 1.11 bits per heavy atom. The molecule has 37 heavy (non-hydrogen) atoms. The minimum Gasteiger partial charge on any atom is -0.457 e. The first-order chi connectivity index (χ1) is 17.3. The average Bonchev–Trinajstić information content (AvgIpc) is 3.69. The standard InChI is InChI=1S/C29H39NO6S/c1-14-19-9-18(19)13-29(6)24(36-29)11-21(17-7-8-22-20(10-17)30-16(3)37-22)35-25(32)12-23(31)28(4,5)27(34)15(2)26(14)33/h7-8,10,14-15,18-19,21,23-24,26,31,33H,9,11-13H2,1-6H3/t14-,15+,18?,19?,21-,23-,24?,26-,29?/m0/s1. The second-order valence-electron chi connectivity index (χ2n) is 12.4. The Morgan fingerprint density at radius 2 is 1.84 bits per heavy atom. The fourth-order valence-corrected chi connectivity index (χ4v) is 7.19. The quantitative estimate of drug-likeness (QED) is 0.405. The number of thiazole rings is 1. The molecule has 1 aromatic carbocycles. The molecule has 4 unspecified atom stereocenters. The van der Waals surface area contributed by atoms with Crippen LogP contribution in [-0.2, 0) is 19.1 Å². The summed E-state index contributed by atoms with van der Waals surface area (Å²) in [6.07, 6.45) is -0.515. The molecule has 0 spiro atoms. The molecule has 2 aliphatic heterocycles. The van der Waals surface area contributed by atoms with Crippen molar-refractivity contribution in [3.8, 4) is 0 Å². The van der Waals surface area contributed by atoms with E-state index >= 15 is 0 Å². The van der Waals surface area contributed by atoms with Gasteiger partial charge in [0.15, 0.2) is 0 Å². The number of carbonyl (C=O) groups excluding carboxylic acids is 2. The van der Waals surface area contributed by atoms with Crippen LogP contribution in [0.25, 0.3) is 10.2 Å². The highest BCUT2D eigenvalue weighted by atomic mass is 32.1. The van der Waals surface area contributed by atoms with E-state index in [1.54, 1.807) is 32.1 Å². The summed E-state index contributed by atoms with van der Waals surface area (Å²) in [4.78, 5) is 31.1. The summed E-state index contributed by atoms with van der Waals surface area (Å²) < 4.78 is 13.2. The van der Waals surface area contributed by atoms with Crippen molar-refractivity contribution in [2.45, 2.75) is 97.2 Å². The summed E-state index contributed by atoms with van der Waals surface area (Å²) in [5.74, 6) is -0.704. The number of carbonyl (C=O) groups is 2. The number of esters is 1. The molecule has 8 heteroatoms. The van der Waals surface area contributed by atoms with Crippen molar-refractivity contribution in [2.24, 2.45) is 29.1 Å². The first-order valence-corrected chi connectivity index (χ1v) is 14.3. The number of Topliss-reactive ketones (excluding diaryl/α,β-unsaturated/α-hetero) is 1. The van der Waals surface area contributed by atoms with Crippen molar-refractivity contribution in [1.82, 2.24) is 4.98 Å². The molecule has 3 fully saturated rings. The largest absolute Gasteiger partial charge is 0.457 e. The van der Waals surface area contributed by atoms with Crippen molar-refractivity contribution < 1.29 is 29.3 Å². The maximum Gasteiger partial charge on any atom is 0.309 e. The Hall–Kier alpha value is -1.87. The minimum atomic E-state index is -1.23. The van der Waals surface area contributed by atoms with E-state index < -0.39 is 35.6 Å². The summed E-state index contributed by atoms with van der Waals surface area (Å²) >= 11 is 1.62. The molecule has 202 valence electrons. The number of aliphatic hydroxyl groups excluding tert-OH is 2. The Labute approximate surface area is 222 Å². The molecular formula is C29H39NO6S. The van der Waals surface area contributed by atoms with Gasteiger partial charge in [-0.1, -0.05) is 33.8 Å². The summed E-state index contributed by atoms with van der Waals surface area (Å²) in [7, 11) is 0. The number of fused-ring (bicyclic) bond motifs is 3. The second kappa shape index (κ2) is 9.40. The molecule has 2 aromatic rings. The zero-order chi connectivity index (χ0) is 26.9. The lowest BCUT2D eigenvalue weighted by atomic mass is 9.72. The molecule has 0 amide bonds. The van der Waals surface area contributed by atoms with E-state index in [9.17, 15) is 19.8 Å². The minimum absolute atomic E-state index is 0.0309. The maximum atomic E-state index is 13.4. The summed E-state index contributed by atoms with van der Waals surface area (Å²) in [6, 6.07) is 5.95. The number of hydrogen-bond donors (Lipinski definition) is 2. The molecule has 0 radical (unpaired) electrons. The van der Waals surface area contributed by atoms with Gasteiger partial charge in [-0.3, -0.25) is 9.59 Å². The van der Waals surface area contributed by atoms with E-state index in [2.05, 4.69) is 11.9 Å². The highest BCUT2D eigenvalue weighted by molar-refractivity contribution is 7.18. The molecule has 9 atom stereocenters. The first-order valence-electron chi connectivity index (χ1n) is 13.4. The van der Waals surface area contributed by atoms with E-state index in [-0.39, 0.29) is 29.8 Å². The smallest absolute Gasteiger partial charge is 0.309 e. The maximum absolute atomic E-state index is 13.4. The molecule has 2 saturated heterocycles. The second-order valence-corrected chi connectivity index (χ2v) is 13.6. The number of aromatic nitrogens is 1. The third-order valence-corrected chi connectivity index (χ3v) is 10.2. The van der Waals surface area contributed by atoms with Crippen LogP contribution in [0.3, 0.4) is 0 Å². The number of cyclic esters (lactones) is 1. The van der Waals surface area contributed by atoms with E-state index in [0.29, 0.717) is 18.3 Å². The van der Waals surface area contributed by atoms with Crippen LogP contribution < -0.4 is 0 Å². The Kier molecular flexibility index (Phi) is 6.79. The number of aryl methyl sites for hydroxylation is 1. The predicted molar refractivity (Wildman–Crippen MR) is 141 cm³/mol. The number of ether oxygens (including phenoxy) is 2. The summed E-state index contributed by atoms with van der Waals surface area (Å²) in [6.45, 7) is 11.1. The van der Waals surface area contributed by atoms with Gasteiger partial charge in [-0.05, 0) is 62.1 Å². The fraction of sp³-hybridized carbons (Fsp3) is 0.690. The molecule has 1 aromatic heterocycles. The van der Waals surface area contributed by atoms with Crippen molar-refractivity contribution >= 4 is 33.3 Å². The number of epoxide rings is 1. The van der Waals surface area contributed by atoms with Gasteiger partial charge >= 0.3 is 5.97 Å². The highest BCUT2D eigenvalue weighted by Crippen LogP contribution is 2.56. The van der Waals surface area contributed by atoms with E-state index in [0.717, 1.165) is 33.6 Å². The molecule has 2 N–H and O–H groups in total. The third-order valence-electron chi connectivity index (χ3n) is 9.24. The number of hydrogen-bond acceptors (Lipinski definition) is 8. The van der Waals surface area contributed by atoms with Crippen LogP contribution in [0.5, 0.6) is 0 Å². The Bertz CT molecular complexity index is 1210. The van der Waals surface area contributed by atoms with Gasteiger partial charge in [0.2, 0.25) is 0 Å². The van der Waals surface area contributed by atoms with E-state index in [1.807, 2.05) is 32.0 Å². The Balaban J connectivity index is 1.44. The summed E-state index contributed by atoms with van der Waals surface area (Å²) in [5.41, 5.74) is 0.223. The van der Waals surface area contributed by atoms with Gasteiger partial charge in [-0.15, -0.1) is 11.3 Å². The van der Waals surface area contributed by atoms with Crippen LogP contribution >= 0.6 is 11.3 Å². The van der Waals surface area contributed by atoms with Crippen molar-refractivity contribution in [3.05, 3.63) is 28.8 Å². The lowest BCUT2D eigenvalue weighted by molar-refractivity contribution is -0.156. The number of ketones is 1. The van der Waals surface area contributed by atoms with Crippen LogP contribution in [0.15, 0.2) is 18.2 Å². The van der Waals surface area contributed by atoms with Crippen molar-refractivity contribution in [3.63, 3.8) is 0 Å². The molecule has 0 bridgehead atoms. The number of nitrogens with zero attached hydrogens (tertiary/aromatic N) is 1. The van der Waals surface area contributed by atoms with Crippen LogP contribution in [-0.4, -0.2) is 50.9 Å². The van der Waals surface area contributed by atoms with Crippen LogP contribution in [0.4, 0.5) is 0 Å². The monoisotopic (exact) mass is 529 g/mol. The molecule has 5 rings (SSSR count). The zero-order valence-electron chi connectivity index (χ0n) is 22.6. The summed E-state index contributed by atoms with van der Waals surface area (Å²) in [5, 5.41) is 23.0. The van der Waals surface area contributed by atoms with Crippen LogP contribution in [0.1, 0.15) is 77.0 Å².